The summed E-state index contributed by atoms with van der Waals surface area (Å²) < 4.78 is 0. The Hall–Kier alpha value is -2.28. The molecule has 4 nitrogen and oxygen atoms in total. The molecule has 0 spiro atoms. The van der Waals surface area contributed by atoms with Gasteiger partial charge in [-0.2, -0.15) is 10.4 Å². The molecule has 0 aliphatic heterocycles. The molecule has 0 unspecified atom stereocenters. The van der Waals surface area contributed by atoms with E-state index < -0.39 is 0 Å². The standard InChI is InChI=1S/C11H10N4/c1-7-2-4-8(5-3-7)10-9(6-12)11(13)15-14-10/h2-5H,1H3,(H3,13,14,15). The van der Waals surface area contributed by atoms with Crippen molar-refractivity contribution in [3.05, 3.63) is 35.4 Å². The number of aromatic amines is 1. The van der Waals surface area contributed by atoms with Crippen molar-refractivity contribution in [2.45, 2.75) is 6.92 Å². The van der Waals surface area contributed by atoms with Gasteiger partial charge in [0.1, 0.15) is 23.1 Å². The number of H-pyrrole nitrogens is 1. The Balaban J connectivity index is 2.55. The molecular formula is C11H10N4. The number of nitrogens with one attached hydrogen (secondary N) is 1. The molecule has 0 saturated carbocycles. The number of aromatic nitrogens is 2. The SMILES string of the molecule is Cc1ccc(-c2n[nH]c(N)c2C#N)cc1. The van der Waals surface area contributed by atoms with Crippen molar-refractivity contribution in [1.82, 2.24) is 10.2 Å². The van der Waals surface area contributed by atoms with Crippen LogP contribution < -0.4 is 5.73 Å². The summed E-state index contributed by atoms with van der Waals surface area (Å²) in [5.41, 5.74) is 8.65. The van der Waals surface area contributed by atoms with Gasteiger partial charge in [0.25, 0.3) is 0 Å². The summed E-state index contributed by atoms with van der Waals surface area (Å²) in [7, 11) is 0. The highest BCUT2D eigenvalue weighted by Crippen LogP contribution is 2.24. The monoisotopic (exact) mass is 198 g/mol. The van der Waals surface area contributed by atoms with Gasteiger partial charge >= 0.3 is 0 Å². The second-order valence-electron chi connectivity index (χ2n) is 3.34. The van der Waals surface area contributed by atoms with Crippen LogP contribution in [-0.2, 0) is 0 Å². The van der Waals surface area contributed by atoms with Crippen LogP contribution in [0.2, 0.25) is 0 Å². The molecular weight excluding hydrogens is 188 g/mol. The van der Waals surface area contributed by atoms with E-state index in [9.17, 15) is 0 Å². The van der Waals surface area contributed by atoms with E-state index in [4.69, 9.17) is 11.0 Å². The predicted molar refractivity (Wildman–Crippen MR) is 57.9 cm³/mol. The fraction of sp³-hybridized carbons (Fsp3) is 0.0909. The quantitative estimate of drug-likeness (QED) is 0.733. The molecule has 2 rings (SSSR count). The minimum absolute atomic E-state index is 0.313. The largest absolute Gasteiger partial charge is 0.383 e. The molecule has 2 aromatic rings. The van der Waals surface area contributed by atoms with Crippen LogP contribution in [0.1, 0.15) is 11.1 Å². The highest BCUT2D eigenvalue weighted by atomic mass is 15.2. The lowest BCUT2D eigenvalue weighted by Gasteiger charge is -1.97. The third-order valence-electron chi connectivity index (χ3n) is 2.23. The summed E-state index contributed by atoms with van der Waals surface area (Å²) in [4.78, 5) is 0. The Kier molecular flexibility index (Phi) is 2.14. The van der Waals surface area contributed by atoms with Crippen LogP contribution in [-0.4, -0.2) is 10.2 Å². The van der Waals surface area contributed by atoms with Crippen LogP contribution in [0, 0.1) is 18.3 Å². The molecule has 0 bridgehead atoms. The molecule has 1 aromatic carbocycles. The summed E-state index contributed by atoms with van der Waals surface area (Å²) in [5, 5.41) is 15.5. The van der Waals surface area contributed by atoms with Gasteiger partial charge in [-0.1, -0.05) is 29.8 Å². The van der Waals surface area contributed by atoms with Gasteiger partial charge in [-0.3, -0.25) is 5.10 Å². The number of aryl methyl sites for hydroxylation is 1. The number of benzene rings is 1. The van der Waals surface area contributed by atoms with E-state index in [1.807, 2.05) is 37.3 Å². The summed E-state index contributed by atoms with van der Waals surface area (Å²) in [6.45, 7) is 2.01. The van der Waals surface area contributed by atoms with E-state index in [1.54, 1.807) is 0 Å². The van der Waals surface area contributed by atoms with Crippen molar-refractivity contribution in [2.75, 3.05) is 5.73 Å². The van der Waals surface area contributed by atoms with Gasteiger partial charge in [-0.15, -0.1) is 0 Å². The Bertz CT molecular complexity index is 517. The van der Waals surface area contributed by atoms with Crippen molar-refractivity contribution in [2.24, 2.45) is 0 Å². The molecule has 3 N–H and O–H groups in total. The number of hydrogen-bond acceptors (Lipinski definition) is 3. The molecule has 4 heteroatoms. The van der Waals surface area contributed by atoms with Crippen LogP contribution in [0.3, 0.4) is 0 Å². The zero-order valence-electron chi connectivity index (χ0n) is 8.28. The summed E-state index contributed by atoms with van der Waals surface area (Å²) in [6.07, 6.45) is 0. The number of nitrogens with zero attached hydrogens (tertiary/aromatic N) is 2. The Morgan fingerprint density at radius 2 is 2.00 bits per heavy atom. The van der Waals surface area contributed by atoms with Gasteiger partial charge in [0.05, 0.1) is 0 Å². The maximum absolute atomic E-state index is 8.91. The molecule has 0 saturated heterocycles. The lowest BCUT2D eigenvalue weighted by Crippen LogP contribution is -1.87. The van der Waals surface area contributed by atoms with Crippen LogP contribution in [0.4, 0.5) is 5.82 Å². The van der Waals surface area contributed by atoms with Crippen LogP contribution >= 0.6 is 0 Å². The number of nitrogens with two attached hydrogens (primary N) is 1. The van der Waals surface area contributed by atoms with Gasteiger partial charge in [0.15, 0.2) is 0 Å². The maximum Gasteiger partial charge on any atom is 0.137 e. The predicted octanol–water partition coefficient (Wildman–Crippen LogP) is 1.84. The minimum Gasteiger partial charge on any atom is -0.383 e. The average Bonchev–Trinajstić information content (AvgIpc) is 2.61. The lowest BCUT2D eigenvalue weighted by molar-refractivity contribution is 1.10. The first-order chi connectivity index (χ1) is 7.22. The molecule has 1 heterocycles. The number of hydrogen-bond donors (Lipinski definition) is 2. The van der Waals surface area contributed by atoms with Crippen molar-refractivity contribution in [3.63, 3.8) is 0 Å². The van der Waals surface area contributed by atoms with Gasteiger partial charge < -0.3 is 5.73 Å². The van der Waals surface area contributed by atoms with E-state index in [0.717, 1.165) is 5.56 Å². The average molecular weight is 198 g/mol. The van der Waals surface area contributed by atoms with E-state index in [1.165, 1.54) is 5.56 Å². The van der Waals surface area contributed by atoms with Crippen molar-refractivity contribution in [3.8, 4) is 17.3 Å². The molecule has 0 radical (unpaired) electrons. The molecule has 0 atom stereocenters. The highest BCUT2D eigenvalue weighted by Gasteiger charge is 2.11. The van der Waals surface area contributed by atoms with Crippen molar-refractivity contribution >= 4 is 5.82 Å². The Morgan fingerprint density at radius 3 is 2.60 bits per heavy atom. The molecule has 0 amide bonds. The van der Waals surface area contributed by atoms with E-state index in [-0.39, 0.29) is 0 Å². The smallest absolute Gasteiger partial charge is 0.137 e. The fourth-order valence-corrected chi connectivity index (χ4v) is 1.39. The minimum atomic E-state index is 0.313. The van der Waals surface area contributed by atoms with Crippen LogP contribution in [0.25, 0.3) is 11.3 Å². The maximum atomic E-state index is 8.91. The number of rotatable bonds is 1. The molecule has 15 heavy (non-hydrogen) atoms. The second kappa shape index (κ2) is 3.46. The van der Waals surface area contributed by atoms with Crippen molar-refractivity contribution in [1.29, 1.82) is 5.26 Å². The third kappa shape index (κ3) is 1.55. The van der Waals surface area contributed by atoms with E-state index in [2.05, 4.69) is 10.2 Å². The summed E-state index contributed by atoms with van der Waals surface area (Å²) >= 11 is 0. The van der Waals surface area contributed by atoms with Gasteiger partial charge in [-0.05, 0) is 6.92 Å². The zero-order valence-corrected chi connectivity index (χ0v) is 8.28. The normalized spacial score (nSPS) is 9.87. The first-order valence-electron chi connectivity index (χ1n) is 4.53. The third-order valence-corrected chi connectivity index (χ3v) is 2.23. The van der Waals surface area contributed by atoms with Gasteiger partial charge in [-0.25, -0.2) is 0 Å². The second-order valence-corrected chi connectivity index (χ2v) is 3.34. The Labute approximate surface area is 87.3 Å². The first kappa shape index (κ1) is 9.28. The Morgan fingerprint density at radius 1 is 1.33 bits per heavy atom. The van der Waals surface area contributed by atoms with E-state index >= 15 is 0 Å². The molecule has 0 aliphatic rings. The van der Waals surface area contributed by atoms with Crippen molar-refractivity contribution < 1.29 is 0 Å². The van der Waals surface area contributed by atoms with E-state index in [0.29, 0.717) is 17.1 Å². The molecule has 1 aromatic heterocycles. The topological polar surface area (TPSA) is 78.5 Å². The number of nitriles is 1. The zero-order chi connectivity index (χ0) is 10.8. The highest BCUT2D eigenvalue weighted by molar-refractivity contribution is 5.72. The summed E-state index contributed by atoms with van der Waals surface area (Å²) in [6, 6.07) is 9.83. The molecule has 0 fully saturated rings. The first-order valence-corrected chi connectivity index (χ1v) is 4.53. The molecule has 74 valence electrons. The van der Waals surface area contributed by atoms with Crippen LogP contribution in [0.15, 0.2) is 24.3 Å². The number of nitrogen functional groups attached to an aromatic ring is 1. The summed E-state index contributed by atoms with van der Waals surface area (Å²) in [5.74, 6) is 0.313. The van der Waals surface area contributed by atoms with Gasteiger partial charge in [0, 0.05) is 5.56 Å². The molecule has 0 aliphatic carbocycles. The number of anilines is 1. The van der Waals surface area contributed by atoms with Gasteiger partial charge in [0.2, 0.25) is 0 Å². The van der Waals surface area contributed by atoms with Crippen LogP contribution in [0.5, 0.6) is 0 Å². The lowest BCUT2D eigenvalue weighted by atomic mass is 10.1. The fourth-order valence-electron chi connectivity index (χ4n) is 1.39.